The van der Waals surface area contributed by atoms with Crippen molar-refractivity contribution >= 4 is 23.2 Å². The fourth-order valence-corrected chi connectivity index (χ4v) is 3.69. The molecule has 4 rings (SSSR count). The van der Waals surface area contributed by atoms with Crippen molar-refractivity contribution < 1.29 is 33.5 Å². The predicted octanol–water partition coefficient (Wildman–Crippen LogP) is 4.00. The molecule has 0 atom stereocenters. The smallest absolute Gasteiger partial charge is 0.345 e. The molecule has 0 radical (unpaired) electrons. The Bertz CT molecular complexity index is 1300. The van der Waals surface area contributed by atoms with Crippen LogP contribution in [-0.2, 0) is 4.74 Å². The number of ketones is 2. The van der Waals surface area contributed by atoms with E-state index in [0.717, 1.165) is 6.07 Å². The zero-order chi connectivity index (χ0) is 24.2. The molecule has 3 aromatic rings. The monoisotopic (exact) mass is 461 g/mol. The first-order chi connectivity index (χ1) is 16.4. The van der Waals surface area contributed by atoms with Gasteiger partial charge in [0.2, 0.25) is 5.78 Å². The third-order valence-electron chi connectivity index (χ3n) is 5.19. The number of nitro groups is 1. The average Bonchev–Trinajstić information content (AvgIpc) is 2.85. The number of hydrogen-bond acceptors (Lipinski definition) is 8. The summed E-state index contributed by atoms with van der Waals surface area (Å²) in [6, 6.07) is 15.3. The number of rotatable bonds is 8. The van der Waals surface area contributed by atoms with Crippen LogP contribution in [0.4, 0.5) is 5.69 Å². The van der Waals surface area contributed by atoms with Gasteiger partial charge in [-0.15, -0.1) is 0 Å². The number of carbonyl (C=O) groups is 3. The molecule has 0 fully saturated rings. The van der Waals surface area contributed by atoms with Gasteiger partial charge in [-0.05, 0) is 43.3 Å². The van der Waals surface area contributed by atoms with Crippen molar-refractivity contribution in [2.45, 2.75) is 6.92 Å². The SMILES string of the molecule is CCOc1ccc(OCCOC(=O)c2ccc3c(c2[N+](=O)[O-])C(=O)c2ccccc2C3=O)cc1. The molecule has 9 heteroatoms. The van der Waals surface area contributed by atoms with Crippen LogP contribution in [0.2, 0.25) is 0 Å². The van der Waals surface area contributed by atoms with Crippen LogP contribution in [-0.4, -0.2) is 42.3 Å². The molecule has 0 unspecified atom stereocenters. The quantitative estimate of drug-likeness (QED) is 0.167. The van der Waals surface area contributed by atoms with Gasteiger partial charge in [0.05, 0.1) is 11.5 Å². The van der Waals surface area contributed by atoms with Gasteiger partial charge in [0.15, 0.2) is 5.78 Å². The van der Waals surface area contributed by atoms with E-state index < -0.39 is 39.3 Å². The van der Waals surface area contributed by atoms with Gasteiger partial charge in [-0.3, -0.25) is 19.7 Å². The largest absolute Gasteiger partial charge is 0.494 e. The maximum Gasteiger partial charge on any atom is 0.345 e. The predicted molar refractivity (Wildman–Crippen MR) is 120 cm³/mol. The first-order valence-corrected chi connectivity index (χ1v) is 10.4. The van der Waals surface area contributed by atoms with Crippen molar-refractivity contribution in [3.63, 3.8) is 0 Å². The lowest BCUT2D eigenvalue weighted by molar-refractivity contribution is -0.385. The van der Waals surface area contributed by atoms with Crippen molar-refractivity contribution in [2.75, 3.05) is 19.8 Å². The summed E-state index contributed by atoms with van der Waals surface area (Å²) in [5, 5.41) is 11.9. The zero-order valence-electron chi connectivity index (χ0n) is 18.1. The number of carbonyl (C=O) groups excluding carboxylic acids is 3. The van der Waals surface area contributed by atoms with Crippen LogP contribution in [0.25, 0.3) is 0 Å². The van der Waals surface area contributed by atoms with Crippen molar-refractivity contribution in [3.8, 4) is 11.5 Å². The van der Waals surface area contributed by atoms with E-state index in [-0.39, 0.29) is 29.9 Å². The highest BCUT2D eigenvalue weighted by molar-refractivity contribution is 6.30. The maximum absolute atomic E-state index is 13.0. The highest BCUT2D eigenvalue weighted by atomic mass is 16.6. The van der Waals surface area contributed by atoms with Gasteiger partial charge >= 0.3 is 5.97 Å². The van der Waals surface area contributed by atoms with E-state index in [1.807, 2.05) is 6.92 Å². The van der Waals surface area contributed by atoms with Crippen LogP contribution in [0.3, 0.4) is 0 Å². The fourth-order valence-electron chi connectivity index (χ4n) is 3.69. The van der Waals surface area contributed by atoms with Gasteiger partial charge in [-0.2, -0.15) is 0 Å². The van der Waals surface area contributed by atoms with E-state index in [9.17, 15) is 24.5 Å². The van der Waals surface area contributed by atoms with Crippen LogP contribution in [0.15, 0.2) is 60.7 Å². The summed E-state index contributed by atoms with van der Waals surface area (Å²) in [7, 11) is 0. The number of hydrogen-bond donors (Lipinski definition) is 0. The van der Waals surface area contributed by atoms with Crippen molar-refractivity contribution in [1.29, 1.82) is 0 Å². The molecule has 9 nitrogen and oxygen atoms in total. The molecule has 34 heavy (non-hydrogen) atoms. The average molecular weight is 461 g/mol. The second-order valence-corrected chi connectivity index (χ2v) is 7.23. The Balaban J connectivity index is 1.51. The zero-order valence-corrected chi connectivity index (χ0v) is 18.1. The molecule has 1 aliphatic rings. The second-order valence-electron chi connectivity index (χ2n) is 7.23. The van der Waals surface area contributed by atoms with Gasteiger partial charge in [0.1, 0.15) is 35.8 Å². The van der Waals surface area contributed by atoms with E-state index in [1.165, 1.54) is 18.2 Å². The standard InChI is InChI=1S/C25H19NO8/c1-2-32-15-7-9-16(10-8-15)33-13-14-34-25(29)20-12-11-19-21(22(20)26(30)31)24(28)18-6-4-3-5-17(18)23(19)27/h3-12H,2,13-14H2,1H3. The summed E-state index contributed by atoms with van der Waals surface area (Å²) >= 11 is 0. The Labute approximate surface area is 194 Å². The van der Waals surface area contributed by atoms with Gasteiger partial charge in [-0.1, -0.05) is 24.3 Å². The number of fused-ring (bicyclic) bond motifs is 2. The van der Waals surface area contributed by atoms with Gasteiger partial charge < -0.3 is 14.2 Å². The van der Waals surface area contributed by atoms with E-state index >= 15 is 0 Å². The topological polar surface area (TPSA) is 122 Å². The van der Waals surface area contributed by atoms with E-state index in [2.05, 4.69) is 0 Å². The highest BCUT2D eigenvalue weighted by Crippen LogP contribution is 2.35. The molecule has 0 saturated carbocycles. The summed E-state index contributed by atoms with van der Waals surface area (Å²) in [6.45, 7) is 2.23. The lowest BCUT2D eigenvalue weighted by atomic mass is 9.82. The minimum atomic E-state index is -0.996. The fraction of sp³-hybridized carbons (Fsp3) is 0.160. The molecule has 0 spiro atoms. The highest BCUT2D eigenvalue weighted by Gasteiger charge is 2.38. The van der Waals surface area contributed by atoms with Crippen LogP contribution in [0, 0.1) is 10.1 Å². The lowest BCUT2D eigenvalue weighted by Gasteiger charge is -2.18. The Morgan fingerprint density at radius 3 is 2.06 bits per heavy atom. The van der Waals surface area contributed by atoms with Gasteiger partial charge in [0, 0.05) is 16.7 Å². The van der Waals surface area contributed by atoms with Crippen LogP contribution >= 0.6 is 0 Å². The number of nitro benzene ring substituents is 1. The van der Waals surface area contributed by atoms with E-state index in [0.29, 0.717) is 18.1 Å². The Kier molecular flexibility index (Phi) is 6.35. The van der Waals surface area contributed by atoms with Crippen LogP contribution in [0.5, 0.6) is 11.5 Å². The first-order valence-electron chi connectivity index (χ1n) is 10.4. The number of esters is 1. The van der Waals surface area contributed by atoms with Gasteiger partial charge in [0.25, 0.3) is 5.69 Å². The van der Waals surface area contributed by atoms with E-state index in [1.54, 1.807) is 36.4 Å². The van der Waals surface area contributed by atoms with Crippen molar-refractivity contribution in [2.24, 2.45) is 0 Å². The molecule has 0 aliphatic heterocycles. The Morgan fingerprint density at radius 2 is 1.44 bits per heavy atom. The second kappa shape index (κ2) is 9.53. The minimum absolute atomic E-state index is 0.00323. The number of ether oxygens (including phenoxy) is 3. The molecule has 172 valence electrons. The summed E-state index contributed by atoms with van der Waals surface area (Å²) in [5.74, 6) is -0.982. The molecular formula is C25H19NO8. The minimum Gasteiger partial charge on any atom is -0.494 e. The first kappa shape index (κ1) is 22.7. The molecule has 0 aromatic heterocycles. The number of benzene rings is 3. The van der Waals surface area contributed by atoms with Crippen molar-refractivity contribution in [3.05, 3.63) is 98.6 Å². The van der Waals surface area contributed by atoms with Gasteiger partial charge in [-0.25, -0.2) is 4.79 Å². The maximum atomic E-state index is 13.0. The molecule has 0 amide bonds. The number of nitrogens with zero attached hydrogens (tertiary/aromatic N) is 1. The normalized spacial score (nSPS) is 11.9. The molecular weight excluding hydrogens is 442 g/mol. The molecule has 0 saturated heterocycles. The molecule has 0 heterocycles. The Hall–Kier alpha value is -4.53. The third kappa shape index (κ3) is 4.23. The van der Waals surface area contributed by atoms with Crippen molar-refractivity contribution in [1.82, 2.24) is 0 Å². The molecule has 0 N–H and O–H groups in total. The van der Waals surface area contributed by atoms with E-state index in [4.69, 9.17) is 14.2 Å². The summed E-state index contributed by atoms with van der Waals surface area (Å²) in [6.07, 6.45) is 0. The van der Waals surface area contributed by atoms with Crippen LogP contribution in [0.1, 0.15) is 49.1 Å². The third-order valence-corrected chi connectivity index (χ3v) is 5.19. The summed E-state index contributed by atoms with van der Waals surface area (Å²) in [5.41, 5.74) is -1.47. The Morgan fingerprint density at radius 1 is 0.824 bits per heavy atom. The molecule has 1 aliphatic carbocycles. The van der Waals surface area contributed by atoms with Crippen LogP contribution < -0.4 is 9.47 Å². The summed E-state index contributed by atoms with van der Waals surface area (Å²) in [4.78, 5) is 49.4. The molecule has 0 bridgehead atoms. The summed E-state index contributed by atoms with van der Waals surface area (Å²) < 4.78 is 16.0. The molecule has 3 aromatic carbocycles. The lowest BCUT2D eigenvalue weighted by Crippen LogP contribution is -2.24.